The topological polar surface area (TPSA) is 61.4 Å². The van der Waals surface area contributed by atoms with Crippen LogP contribution < -0.4 is 10.6 Å². The van der Waals surface area contributed by atoms with E-state index in [1.165, 1.54) is 0 Å². The average molecular weight is 336 g/mol. The van der Waals surface area contributed by atoms with Crippen molar-refractivity contribution in [3.05, 3.63) is 34.9 Å². The van der Waals surface area contributed by atoms with Gasteiger partial charge in [-0.2, -0.15) is 0 Å². The van der Waals surface area contributed by atoms with Crippen LogP contribution in [0.3, 0.4) is 0 Å². The smallest absolute Gasteiger partial charge is 0.315 e. The molecule has 3 atom stereocenters. The van der Waals surface area contributed by atoms with Gasteiger partial charge in [-0.05, 0) is 31.4 Å². The lowest BCUT2D eigenvalue weighted by atomic mass is 10.1. The van der Waals surface area contributed by atoms with Crippen LogP contribution in [0.2, 0.25) is 5.02 Å². The molecule has 2 aliphatic rings. The highest BCUT2D eigenvalue weighted by molar-refractivity contribution is 6.31. The fourth-order valence-electron chi connectivity index (χ4n) is 3.18. The van der Waals surface area contributed by atoms with Crippen molar-refractivity contribution >= 4 is 23.5 Å². The van der Waals surface area contributed by atoms with Crippen LogP contribution in [0.1, 0.15) is 37.7 Å². The summed E-state index contributed by atoms with van der Waals surface area (Å²) in [5.41, 5.74) is 1.09. The molecule has 1 saturated heterocycles. The summed E-state index contributed by atoms with van der Waals surface area (Å²) in [6.07, 6.45) is 2.45. The van der Waals surface area contributed by atoms with Crippen molar-refractivity contribution in [1.82, 2.24) is 15.5 Å². The average Bonchev–Trinajstić information content (AvgIpc) is 3.13. The Balaban J connectivity index is 1.44. The molecule has 0 bridgehead atoms. The van der Waals surface area contributed by atoms with Gasteiger partial charge in [0.15, 0.2) is 0 Å². The van der Waals surface area contributed by atoms with E-state index in [1.54, 1.807) is 0 Å². The second-order valence-corrected chi connectivity index (χ2v) is 6.84. The lowest BCUT2D eigenvalue weighted by molar-refractivity contribution is -0.127. The van der Waals surface area contributed by atoms with Gasteiger partial charge < -0.3 is 15.5 Å². The van der Waals surface area contributed by atoms with E-state index in [0.717, 1.165) is 30.0 Å². The molecule has 6 heteroatoms. The Morgan fingerprint density at radius 1 is 1.43 bits per heavy atom. The van der Waals surface area contributed by atoms with Gasteiger partial charge in [0.25, 0.3) is 0 Å². The third kappa shape index (κ3) is 3.96. The predicted molar refractivity (Wildman–Crippen MR) is 89.5 cm³/mol. The van der Waals surface area contributed by atoms with E-state index >= 15 is 0 Å². The second kappa shape index (κ2) is 6.79. The number of carbonyl (C=O) groups is 2. The zero-order valence-corrected chi connectivity index (χ0v) is 14.0. The first kappa shape index (κ1) is 16.1. The molecule has 1 aromatic rings. The molecule has 124 valence electrons. The molecule has 1 heterocycles. The van der Waals surface area contributed by atoms with E-state index in [4.69, 9.17) is 11.6 Å². The van der Waals surface area contributed by atoms with Gasteiger partial charge >= 0.3 is 6.03 Å². The van der Waals surface area contributed by atoms with Crippen molar-refractivity contribution < 1.29 is 9.59 Å². The number of halogens is 1. The van der Waals surface area contributed by atoms with Crippen LogP contribution in [0.15, 0.2) is 24.3 Å². The molecule has 1 aliphatic heterocycles. The Morgan fingerprint density at radius 3 is 2.91 bits per heavy atom. The van der Waals surface area contributed by atoms with Crippen LogP contribution in [-0.4, -0.2) is 42.0 Å². The van der Waals surface area contributed by atoms with Crippen molar-refractivity contribution in [3.63, 3.8) is 0 Å². The maximum atomic E-state index is 12.1. The SMILES string of the molecule is C[C@H](CN1CCCC1=O)NC(=O)N[C@H]1C[C@H]1c1ccccc1Cl. The fraction of sp³-hybridized carbons (Fsp3) is 0.529. The summed E-state index contributed by atoms with van der Waals surface area (Å²) in [5, 5.41) is 6.65. The molecular weight excluding hydrogens is 314 g/mol. The molecule has 1 aliphatic carbocycles. The third-order valence-corrected chi connectivity index (χ3v) is 4.80. The Kier molecular flexibility index (Phi) is 4.76. The van der Waals surface area contributed by atoms with E-state index < -0.39 is 0 Å². The van der Waals surface area contributed by atoms with E-state index in [1.807, 2.05) is 36.1 Å². The summed E-state index contributed by atoms with van der Waals surface area (Å²) in [4.78, 5) is 25.5. The van der Waals surface area contributed by atoms with Crippen molar-refractivity contribution in [2.24, 2.45) is 0 Å². The van der Waals surface area contributed by atoms with Crippen molar-refractivity contribution in [3.8, 4) is 0 Å². The molecule has 0 aromatic heterocycles. The van der Waals surface area contributed by atoms with Gasteiger partial charge in [0.1, 0.15) is 0 Å². The fourth-order valence-corrected chi connectivity index (χ4v) is 3.46. The Labute approximate surface area is 141 Å². The molecule has 2 N–H and O–H groups in total. The number of nitrogens with one attached hydrogen (secondary N) is 2. The predicted octanol–water partition coefficient (Wildman–Crippen LogP) is 2.51. The normalized spacial score (nSPS) is 24.4. The maximum Gasteiger partial charge on any atom is 0.315 e. The van der Waals surface area contributed by atoms with Gasteiger partial charge in [-0.15, -0.1) is 0 Å². The van der Waals surface area contributed by atoms with Gasteiger partial charge in [-0.25, -0.2) is 4.79 Å². The molecule has 5 nitrogen and oxygen atoms in total. The number of likely N-dealkylation sites (tertiary alicyclic amines) is 1. The molecule has 1 saturated carbocycles. The summed E-state index contributed by atoms with van der Waals surface area (Å²) < 4.78 is 0. The monoisotopic (exact) mass is 335 g/mol. The lowest BCUT2D eigenvalue weighted by Crippen LogP contribution is -2.47. The van der Waals surface area contributed by atoms with Gasteiger partial charge in [0.2, 0.25) is 5.91 Å². The van der Waals surface area contributed by atoms with Gasteiger partial charge in [0, 0.05) is 42.5 Å². The Hall–Kier alpha value is -1.75. The van der Waals surface area contributed by atoms with Crippen LogP contribution in [0, 0.1) is 0 Å². The Bertz CT molecular complexity index is 607. The molecule has 1 aromatic carbocycles. The molecule has 0 unspecified atom stereocenters. The quantitative estimate of drug-likeness (QED) is 0.868. The van der Waals surface area contributed by atoms with E-state index in [-0.39, 0.29) is 24.0 Å². The molecule has 3 rings (SSSR count). The first-order chi connectivity index (χ1) is 11.0. The van der Waals surface area contributed by atoms with E-state index in [9.17, 15) is 9.59 Å². The molecule has 23 heavy (non-hydrogen) atoms. The first-order valence-electron chi connectivity index (χ1n) is 8.14. The van der Waals surface area contributed by atoms with Gasteiger partial charge in [0.05, 0.1) is 0 Å². The summed E-state index contributed by atoms with van der Waals surface area (Å²) >= 11 is 6.19. The number of benzene rings is 1. The number of hydrogen-bond acceptors (Lipinski definition) is 2. The molecule has 3 amide bonds. The number of urea groups is 1. The minimum Gasteiger partial charge on any atom is -0.341 e. The number of hydrogen-bond donors (Lipinski definition) is 2. The van der Waals surface area contributed by atoms with E-state index in [2.05, 4.69) is 10.6 Å². The highest BCUT2D eigenvalue weighted by atomic mass is 35.5. The molecule has 2 fully saturated rings. The minimum absolute atomic E-state index is 0.0606. The zero-order chi connectivity index (χ0) is 16.4. The number of rotatable bonds is 5. The van der Waals surface area contributed by atoms with Crippen molar-refractivity contribution in [1.29, 1.82) is 0 Å². The van der Waals surface area contributed by atoms with Crippen LogP contribution in [-0.2, 0) is 4.79 Å². The third-order valence-electron chi connectivity index (χ3n) is 4.45. The maximum absolute atomic E-state index is 12.1. The van der Waals surface area contributed by atoms with Crippen LogP contribution in [0.5, 0.6) is 0 Å². The van der Waals surface area contributed by atoms with Crippen LogP contribution >= 0.6 is 11.6 Å². The summed E-state index contributed by atoms with van der Waals surface area (Å²) in [6, 6.07) is 7.65. The lowest BCUT2D eigenvalue weighted by Gasteiger charge is -2.21. The van der Waals surface area contributed by atoms with Crippen molar-refractivity contribution in [2.75, 3.05) is 13.1 Å². The Morgan fingerprint density at radius 2 is 2.22 bits per heavy atom. The number of nitrogens with zero attached hydrogens (tertiary/aromatic N) is 1. The first-order valence-corrected chi connectivity index (χ1v) is 8.51. The highest BCUT2D eigenvalue weighted by Gasteiger charge is 2.40. The summed E-state index contributed by atoms with van der Waals surface area (Å²) in [6.45, 7) is 3.29. The summed E-state index contributed by atoms with van der Waals surface area (Å²) in [5.74, 6) is 0.477. The molecule has 0 radical (unpaired) electrons. The second-order valence-electron chi connectivity index (χ2n) is 6.43. The van der Waals surface area contributed by atoms with Crippen molar-refractivity contribution in [2.45, 2.75) is 44.2 Å². The standard InChI is InChI=1S/C17H22ClN3O2/c1-11(10-21-8-4-7-16(21)22)19-17(23)20-15-9-13(15)12-5-2-3-6-14(12)18/h2-3,5-6,11,13,15H,4,7-10H2,1H3,(H2,19,20,23)/t11-,13+,15+/m1/s1. The van der Waals surface area contributed by atoms with Crippen LogP contribution in [0.4, 0.5) is 4.79 Å². The van der Waals surface area contributed by atoms with E-state index in [0.29, 0.717) is 18.9 Å². The minimum atomic E-state index is -0.177. The highest BCUT2D eigenvalue weighted by Crippen LogP contribution is 2.43. The number of carbonyl (C=O) groups excluding carboxylic acids is 2. The zero-order valence-electron chi connectivity index (χ0n) is 13.2. The number of amides is 3. The largest absolute Gasteiger partial charge is 0.341 e. The molecule has 0 spiro atoms. The molecular formula is C17H22ClN3O2. The van der Waals surface area contributed by atoms with Crippen LogP contribution in [0.25, 0.3) is 0 Å². The summed E-state index contributed by atoms with van der Waals surface area (Å²) in [7, 11) is 0. The van der Waals surface area contributed by atoms with Gasteiger partial charge in [-0.3, -0.25) is 4.79 Å². The van der Waals surface area contributed by atoms with Gasteiger partial charge in [-0.1, -0.05) is 29.8 Å².